The SMILES string of the molecule is COc1cccc(-c2noc(CSc3nnc(-c4ccccc4Br)n3N)n2)c1. The van der Waals surface area contributed by atoms with Crippen LogP contribution < -0.4 is 10.6 Å². The number of aromatic nitrogens is 5. The first-order valence-electron chi connectivity index (χ1n) is 8.21. The third kappa shape index (κ3) is 3.73. The van der Waals surface area contributed by atoms with Crippen molar-refractivity contribution in [3.05, 3.63) is 58.9 Å². The van der Waals surface area contributed by atoms with Crippen molar-refractivity contribution in [3.8, 4) is 28.5 Å². The molecule has 0 atom stereocenters. The van der Waals surface area contributed by atoms with Crippen LogP contribution in [0.25, 0.3) is 22.8 Å². The molecule has 4 aromatic rings. The van der Waals surface area contributed by atoms with Crippen LogP contribution in [-0.4, -0.2) is 32.1 Å². The van der Waals surface area contributed by atoms with Gasteiger partial charge in [-0.2, -0.15) is 4.98 Å². The molecule has 0 saturated heterocycles. The molecule has 28 heavy (non-hydrogen) atoms. The Morgan fingerprint density at radius 2 is 2.04 bits per heavy atom. The minimum atomic E-state index is 0.419. The molecule has 2 N–H and O–H groups in total. The monoisotopic (exact) mass is 458 g/mol. The first-order valence-corrected chi connectivity index (χ1v) is 9.99. The van der Waals surface area contributed by atoms with Crippen molar-refractivity contribution >= 4 is 27.7 Å². The molecule has 4 rings (SSSR count). The lowest BCUT2D eigenvalue weighted by Gasteiger charge is -2.04. The molecule has 0 amide bonds. The molecule has 0 fully saturated rings. The third-order valence-electron chi connectivity index (χ3n) is 3.90. The van der Waals surface area contributed by atoms with Crippen molar-refractivity contribution in [2.24, 2.45) is 0 Å². The Labute approximate surface area is 173 Å². The number of nitrogen functional groups attached to an aromatic ring is 1. The second-order valence-electron chi connectivity index (χ2n) is 5.69. The second-order valence-corrected chi connectivity index (χ2v) is 7.49. The molecule has 0 aliphatic rings. The quantitative estimate of drug-likeness (QED) is 0.343. The predicted octanol–water partition coefficient (Wildman–Crippen LogP) is 3.77. The molecule has 2 aromatic heterocycles. The third-order valence-corrected chi connectivity index (χ3v) is 5.52. The van der Waals surface area contributed by atoms with Crippen LogP contribution in [0.5, 0.6) is 5.75 Å². The number of hydrogen-bond donors (Lipinski definition) is 1. The molecule has 0 unspecified atom stereocenters. The summed E-state index contributed by atoms with van der Waals surface area (Å²) in [6.07, 6.45) is 0. The van der Waals surface area contributed by atoms with Crippen LogP contribution in [0.4, 0.5) is 0 Å². The number of benzene rings is 2. The summed E-state index contributed by atoms with van der Waals surface area (Å²) in [4.78, 5) is 4.42. The molecule has 0 saturated carbocycles. The van der Waals surface area contributed by atoms with E-state index in [0.29, 0.717) is 28.4 Å². The largest absolute Gasteiger partial charge is 0.497 e. The van der Waals surface area contributed by atoms with Crippen LogP contribution in [0.15, 0.2) is 62.7 Å². The topological polar surface area (TPSA) is 105 Å². The standard InChI is InChI=1S/C18H15BrN6O2S/c1-26-12-6-4-5-11(9-12)16-21-15(27-24-16)10-28-18-23-22-17(25(18)20)13-7-2-3-8-14(13)19/h2-9H,10,20H2,1H3. The van der Waals surface area contributed by atoms with Crippen molar-refractivity contribution in [2.75, 3.05) is 13.0 Å². The maximum Gasteiger partial charge on any atom is 0.237 e. The van der Waals surface area contributed by atoms with Crippen LogP contribution >= 0.6 is 27.7 Å². The summed E-state index contributed by atoms with van der Waals surface area (Å²) in [5, 5.41) is 12.9. The second kappa shape index (κ2) is 8.03. The molecule has 142 valence electrons. The van der Waals surface area contributed by atoms with E-state index in [-0.39, 0.29) is 0 Å². The van der Waals surface area contributed by atoms with Crippen LogP contribution in [0.3, 0.4) is 0 Å². The first kappa shape index (κ1) is 18.5. The number of halogens is 1. The van der Waals surface area contributed by atoms with E-state index >= 15 is 0 Å². The Hall–Kier alpha value is -2.85. The van der Waals surface area contributed by atoms with Crippen molar-refractivity contribution < 1.29 is 9.26 Å². The Bertz CT molecular complexity index is 1110. The summed E-state index contributed by atoms with van der Waals surface area (Å²) in [6, 6.07) is 15.2. The fourth-order valence-corrected chi connectivity index (χ4v) is 3.68. The number of nitrogens with two attached hydrogens (primary N) is 1. The van der Waals surface area contributed by atoms with E-state index in [4.69, 9.17) is 15.1 Å². The van der Waals surface area contributed by atoms with E-state index in [9.17, 15) is 0 Å². The zero-order valence-corrected chi connectivity index (χ0v) is 17.1. The maximum atomic E-state index is 6.17. The molecule has 0 bridgehead atoms. The van der Waals surface area contributed by atoms with Gasteiger partial charge in [0.05, 0.1) is 12.9 Å². The average molecular weight is 459 g/mol. The predicted molar refractivity (Wildman–Crippen MR) is 109 cm³/mol. The molecule has 0 aliphatic heterocycles. The van der Waals surface area contributed by atoms with Gasteiger partial charge in [0.1, 0.15) is 5.75 Å². The van der Waals surface area contributed by atoms with Gasteiger partial charge in [0.2, 0.25) is 16.9 Å². The van der Waals surface area contributed by atoms with E-state index in [1.165, 1.54) is 16.4 Å². The van der Waals surface area contributed by atoms with Crippen molar-refractivity contribution in [3.63, 3.8) is 0 Å². The Balaban J connectivity index is 1.49. The number of ether oxygens (including phenoxy) is 1. The number of methoxy groups -OCH3 is 1. The van der Waals surface area contributed by atoms with Crippen LogP contribution in [0, 0.1) is 0 Å². The van der Waals surface area contributed by atoms with Gasteiger partial charge in [-0.05, 0) is 24.3 Å². The summed E-state index contributed by atoms with van der Waals surface area (Å²) < 4.78 is 12.9. The Kier molecular flexibility index (Phi) is 5.31. The lowest BCUT2D eigenvalue weighted by atomic mass is 10.2. The van der Waals surface area contributed by atoms with E-state index in [1.807, 2.05) is 48.5 Å². The number of rotatable bonds is 6. The molecular weight excluding hydrogens is 444 g/mol. The van der Waals surface area contributed by atoms with Crippen molar-refractivity contribution in [1.29, 1.82) is 0 Å². The van der Waals surface area contributed by atoms with Gasteiger partial charge in [0.15, 0.2) is 5.82 Å². The number of nitrogens with zero attached hydrogens (tertiary/aromatic N) is 5. The summed E-state index contributed by atoms with van der Waals surface area (Å²) >= 11 is 4.87. The van der Waals surface area contributed by atoms with E-state index < -0.39 is 0 Å². The molecule has 0 radical (unpaired) electrons. The van der Waals surface area contributed by atoms with Gasteiger partial charge >= 0.3 is 0 Å². The highest BCUT2D eigenvalue weighted by atomic mass is 79.9. The Morgan fingerprint density at radius 1 is 1.18 bits per heavy atom. The highest BCUT2D eigenvalue weighted by molar-refractivity contribution is 9.10. The Morgan fingerprint density at radius 3 is 2.86 bits per heavy atom. The lowest BCUT2D eigenvalue weighted by molar-refractivity contribution is 0.391. The summed E-state index contributed by atoms with van der Waals surface area (Å²) in [6.45, 7) is 0. The number of thioether (sulfide) groups is 1. The molecule has 10 heteroatoms. The summed E-state index contributed by atoms with van der Waals surface area (Å²) in [5.74, 6) is 8.85. The molecular formula is C18H15BrN6O2S. The zero-order valence-electron chi connectivity index (χ0n) is 14.7. The molecule has 8 nitrogen and oxygen atoms in total. The van der Waals surface area contributed by atoms with E-state index in [0.717, 1.165) is 21.3 Å². The summed E-state index contributed by atoms with van der Waals surface area (Å²) in [7, 11) is 1.61. The van der Waals surface area contributed by atoms with Gasteiger partial charge in [0.25, 0.3) is 0 Å². The fourth-order valence-electron chi connectivity index (χ4n) is 2.52. The van der Waals surface area contributed by atoms with Crippen LogP contribution in [-0.2, 0) is 5.75 Å². The van der Waals surface area contributed by atoms with E-state index in [1.54, 1.807) is 7.11 Å². The average Bonchev–Trinajstić information content (AvgIpc) is 3.34. The van der Waals surface area contributed by atoms with Crippen molar-refractivity contribution in [2.45, 2.75) is 10.9 Å². The highest BCUT2D eigenvalue weighted by Crippen LogP contribution is 2.29. The van der Waals surface area contributed by atoms with Crippen LogP contribution in [0.2, 0.25) is 0 Å². The minimum absolute atomic E-state index is 0.419. The van der Waals surface area contributed by atoms with Gasteiger partial charge in [-0.15, -0.1) is 10.2 Å². The van der Waals surface area contributed by atoms with Gasteiger partial charge < -0.3 is 15.1 Å². The zero-order chi connectivity index (χ0) is 19.5. The van der Waals surface area contributed by atoms with Gasteiger partial charge in [-0.3, -0.25) is 0 Å². The van der Waals surface area contributed by atoms with Crippen LogP contribution in [0.1, 0.15) is 5.89 Å². The van der Waals surface area contributed by atoms with Crippen molar-refractivity contribution in [1.82, 2.24) is 25.0 Å². The lowest BCUT2D eigenvalue weighted by Crippen LogP contribution is -2.11. The number of hydrogen-bond acceptors (Lipinski definition) is 8. The smallest absolute Gasteiger partial charge is 0.237 e. The first-order chi connectivity index (χ1) is 13.7. The minimum Gasteiger partial charge on any atom is -0.497 e. The highest BCUT2D eigenvalue weighted by Gasteiger charge is 2.16. The van der Waals surface area contributed by atoms with E-state index in [2.05, 4.69) is 36.3 Å². The maximum absolute atomic E-state index is 6.17. The van der Waals surface area contributed by atoms with Gasteiger partial charge in [0, 0.05) is 15.6 Å². The molecule has 0 spiro atoms. The molecule has 0 aliphatic carbocycles. The summed E-state index contributed by atoms with van der Waals surface area (Å²) in [5.41, 5.74) is 1.68. The molecule has 2 aromatic carbocycles. The van der Waals surface area contributed by atoms with Gasteiger partial charge in [-0.25, -0.2) is 4.68 Å². The van der Waals surface area contributed by atoms with Gasteiger partial charge in [-0.1, -0.05) is 57.1 Å². The fraction of sp³-hybridized carbons (Fsp3) is 0.111. The normalized spacial score (nSPS) is 10.9. The molecule has 2 heterocycles.